The van der Waals surface area contributed by atoms with Gasteiger partial charge in [-0.15, -0.1) is 0 Å². The van der Waals surface area contributed by atoms with E-state index in [9.17, 15) is 4.79 Å². The first kappa shape index (κ1) is 9.92. The Morgan fingerprint density at radius 3 is 2.80 bits per heavy atom. The maximum Gasteiger partial charge on any atom is 0.354 e. The number of aromatic nitrogens is 1. The summed E-state index contributed by atoms with van der Waals surface area (Å²) >= 11 is 0. The highest BCUT2D eigenvalue weighted by Crippen LogP contribution is 2.37. The van der Waals surface area contributed by atoms with Gasteiger partial charge in [-0.05, 0) is 25.0 Å². The van der Waals surface area contributed by atoms with E-state index in [1.54, 1.807) is 12.1 Å². The van der Waals surface area contributed by atoms with E-state index in [0.29, 0.717) is 5.82 Å². The van der Waals surface area contributed by atoms with Crippen LogP contribution < -0.4 is 5.32 Å². The molecule has 0 atom stereocenters. The minimum absolute atomic E-state index is 0.00809. The summed E-state index contributed by atoms with van der Waals surface area (Å²) in [4.78, 5) is 14.6. The van der Waals surface area contributed by atoms with Gasteiger partial charge in [-0.2, -0.15) is 0 Å². The van der Waals surface area contributed by atoms with Crippen molar-refractivity contribution in [1.29, 1.82) is 0 Å². The Labute approximate surface area is 86.8 Å². The van der Waals surface area contributed by atoms with Crippen LogP contribution in [0.5, 0.6) is 0 Å². The van der Waals surface area contributed by atoms with E-state index in [4.69, 9.17) is 10.2 Å². The Morgan fingerprint density at radius 1 is 1.53 bits per heavy atom. The number of carboxylic acids is 1. The third-order valence-electron chi connectivity index (χ3n) is 2.52. The van der Waals surface area contributed by atoms with Gasteiger partial charge in [0.2, 0.25) is 0 Å². The van der Waals surface area contributed by atoms with Gasteiger partial charge in [0.05, 0.1) is 12.1 Å². The highest BCUT2D eigenvalue weighted by atomic mass is 16.4. The molecule has 1 aromatic rings. The molecule has 2 rings (SSSR count). The van der Waals surface area contributed by atoms with E-state index < -0.39 is 5.97 Å². The molecule has 80 valence electrons. The minimum Gasteiger partial charge on any atom is -0.477 e. The lowest BCUT2D eigenvalue weighted by molar-refractivity contribution is 0.0690. The summed E-state index contributed by atoms with van der Waals surface area (Å²) in [6, 6.07) is 4.76. The third-order valence-corrected chi connectivity index (χ3v) is 2.52. The van der Waals surface area contributed by atoms with E-state index in [-0.39, 0.29) is 17.8 Å². The van der Waals surface area contributed by atoms with Crippen molar-refractivity contribution in [3.05, 3.63) is 23.9 Å². The molecule has 0 spiro atoms. The number of hydrogen-bond acceptors (Lipinski definition) is 4. The lowest BCUT2D eigenvalue weighted by atomic mass is 10.3. The van der Waals surface area contributed by atoms with Crippen molar-refractivity contribution in [3.63, 3.8) is 0 Å². The first-order chi connectivity index (χ1) is 7.15. The normalized spacial score (nSPS) is 17.1. The number of carbonyl (C=O) groups is 1. The Kier molecular flexibility index (Phi) is 2.32. The molecule has 1 saturated carbocycles. The number of rotatable bonds is 4. The number of nitrogens with one attached hydrogen (secondary N) is 1. The topological polar surface area (TPSA) is 82.5 Å². The lowest BCUT2D eigenvalue weighted by Crippen LogP contribution is -2.26. The zero-order chi connectivity index (χ0) is 10.9. The summed E-state index contributed by atoms with van der Waals surface area (Å²) in [5.74, 6) is -0.547. The fourth-order valence-electron chi connectivity index (χ4n) is 1.37. The number of anilines is 1. The molecule has 1 fully saturated rings. The zero-order valence-electron chi connectivity index (χ0n) is 8.10. The first-order valence-electron chi connectivity index (χ1n) is 4.75. The third kappa shape index (κ3) is 2.07. The van der Waals surface area contributed by atoms with Crippen molar-refractivity contribution in [2.45, 2.75) is 18.4 Å². The van der Waals surface area contributed by atoms with Crippen molar-refractivity contribution < 1.29 is 15.0 Å². The first-order valence-corrected chi connectivity index (χ1v) is 4.75. The van der Waals surface area contributed by atoms with Crippen LogP contribution >= 0.6 is 0 Å². The van der Waals surface area contributed by atoms with E-state index >= 15 is 0 Å². The highest BCUT2D eigenvalue weighted by molar-refractivity contribution is 5.85. The molecule has 0 saturated heterocycles. The molecule has 15 heavy (non-hydrogen) atoms. The maximum absolute atomic E-state index is 10.7. The summed E-state index contributed by atoms with van der Waals surface area (Å²) in [6.45, 7) is 0.0476. The van der Waals surface area contributed by atoms with Crippen LogP contribution in [0.3, 0.4) is 0 Å². The number of aliphatic hydroxyl groups excluding tert-OH is 1. The Bertz CT molecular complexity index is 388. The Hall–Kier alpha value is -1.62. The number of pyridine rings is 1. The molecule has 0 unspecified atom stereocenters. The molecule has 0 aromatic carbocycles. The molecule has 0 bridgehead atoms. The largest absolute Gasteiger partial charge is 0.477 e. The van der Waals surface area contributed by atoms with Crippen LogP contribution in [0.15, 0.2) is 18.2 Å². The summed E-state index contributed by atoms with van der Waals surface area (Å²) in [7, 11) is 0. The van der Waals surface area contributed by atoms with Gasteiger partial charge < -0.3 is 15.5 Å². The standard InChI is InChI=1S/C10H12N2O3/c13-6-10(4-5-10)12-8-3-1-2-7(11-8)9(14)15/h1-3,13H,4-6H2,(H,11,12)(H,14,15). The summed E-state index contributed by atoms with van der Waals surface area (Å²) < 4.78 is 0. The Balaban J connectivity index is 2.15. The molecule has 1 aliphatic carbocycles. The summed E-state index contributed by atoms with van der Waals surface area (Å²) in [5, 5.41) is 20.9. The lowest BCUT2D eigenvalue weighted by Gasteiger charge is -2.14. The highest BCUT2D eigenvalue weighted by Gasteiger charge is 2.42. The number of nitrogens with zero attached hydrogens (tertiary/aromatic N) is 1. The monoisotopic (exact) mass is 208 g/mol. The summed E-state index contributed by atoms with van der Waals surface area (Å²) in [5.41, 5.74) is -0.266. The zero-order valence-corrected chi connectivity index (χ0v) is 8.10. The van der Waals surface area contributed by atoms with Crippen molar-refractivity contribution in [1.82, 2.24) is 4.98 Å². The molecule has 0 amide bonds. The average molecular weight is 208 g/mol. The van der Waals surface area contributed by atoms with Gasteiger partial charge in [-0.1, -0.05) is 6.07 Å². The van der Waals surface area contributed by atoms with Crippen molar-refractivity contribution in [3.8, 4) is 0 Å². The molecular formula is C10H12N2O3. The minimum atomic E-state index is -1.05. The molecule has 1 aromatic heterocycles. The Morgan fingerprint density at radius 2 is 2.27 bits per heavy atom. The van der Waals surface area contributed by atoms with Crippen LogP contribution in [-0.4, -0.2) is 33.3 Å². The molecule has 1 heterocycles. The van der Waals surface area contributed by atoms with Crippen LogP contribution in [0.2, 0.25) is 0 Å². The SMILES string of the molecule is O=C(O)c1cccc(NC2(CO)CC2)n1. The quantitative estimate of drug-likeness (QED) is 0.679. The smallest absolute Gasteiger partial charge is 0.354 e. The predicted molar refractivity (Wildman–Crippen MR) is 53.9 cm³/mol. The van der Waals surface area contributed by atoms with Crippen LogP contribution in [0.4, 0.5) is 5.82 Å². The van der Waals surface area contributed by atoms with Gasteiger partial charge in [-0.25, -0.2) is 9.78 Å². The summed E-state index contributed by atoms with van der Waals surface area (Å²) in [6.07, 6.45) is 1.78. The molecule has 3 N–H and O–H groups in total. The maximum atomic E-state index is 10.7. The molecule has 5 nitrogen and oxygen atoms in total. The molecular weight excluding hydrogens is 196 g/mol. The van der Waals surface area contributed by atoms with E-state index in [0.717, 1.165) is 12.8 Å². The fourth-order valence-corrected chi connectivity index (χ4v) is 1.37. The van der Waals surface area contributed by atoms with Crippen molar-refractivity contribution in [2.75, 3.05) is 11.9 Å². The van der Waals surface area contributed by atoms with Gasteiger partial charge in [0.15, 0.2) is 5.69 Å². The van der Waals surface area contributed by atoms with Gasteiger partial charge in [0.1, 0.15) is 5.82 Å². The second-order valence-electron chi connectivity index (χ2n) is 3.78. The number of aromatic carboxylic acids is 1. The average Bonchev–Trinajstić information content (AvgIpc) is 2.99. The van der Waals surface area contributed by atoms with E-state index in [1.165, 1.54) is 6.07 Å². The number of carboxylic acid groups (broad SMARTS) is 1. The van der Waals surface area contributed by atoms with Crippen LogP contribution in [0, 0.1) is 0 Å². The van der Waals surface area contributed by atoms with Crippen LogP contribution in [-0.2, 0) is 0 Å². The predicted octanol–water partition coefficient (Wildman–Crippen LogP) is 0.717. The van der Waals surface area contributed by atoms with Crippen molar-refractivity contribution >= 4 is 11.8 Å². The molecule has 0 radical (unpaired) electrons. The van der Waals surface area contributed by atoms with Gasteiger partial charge in [0, 0.05) is 0 Å². The van der Waals surface area contributed by atoms with Crippen LogP contribution in [0.25, 0.3) is 0 Å². The fraction of sp³-hybridized carbons (Fsp3) is 0.400. The molecule has 5 heteroatoms. The van der Waals surface area contributed by atoms with Gasteiger partial charge >= 0.3 is 5.97 Å². The van der Waals surface area contributed by atoms with Gasteiger partial charge in [0.25, 0.3) is 0 Å². The number of hydrogen-bond donors (Lipinski definition) is 3. The van der Waals surface area contributed by atoms with Gasteiger partial charge in [-0.3, -0.25) is 0 Å². The van der Waals surface area contributed by atoms with Crippen LogP contribution in [0.1, 0.15) is 23.3 Å². The van der Waals surface area contributed by atoms with Crippen molar-refractivity contribution in [2.24, 2.45) is 0 Å². The van der Waals surface area contributed by atoms with E-state index in [1.807, 2.05) is 0 Å². The molecule has 1 aliphatic rings. The second-order valence-corrected chi connectivity index (χ2v) is 3.78. The second kappa shape index (κ2) is 3.51. The van der Waals surface area contributed by atoms with E-state index in [2.05, 4.69) is 10.3 Å². The number of aliphatic hydroxyl groups is 1. The molecule has 0 aliphatic heterocycles.